The van der Waals surface area contributed by atoms with Gasteiger partial charge in [-0.25, -0.2) is 0 Å². The number of nitrogens with one attached hydrogen (secondary N) is 1. The second-order valence-corrected chi connectivity index (χ2v) is 3.07. The summed E-state index contributed by atoms with van der Waals surface area (Å²) >= 11 is 0. The molecule has 0 bridgehead atoms. The molecule has 15 heavy (non-hydrogen) atoms. The van der Waals surface area contributed by atoms with Gasteiger partial charge >= 0.3 is 0 Å². The van der Waals surface area contributed by atoms with Crippen molar-refractivity contribution in [3.63, 3.8) is 0 Å². The largest absolute Gasteiger partial charge is 0.456 e. The summed E-state index contributed by atoms with van der Waals surface area (Å²) in [6.07, 6.45) is 0. The van der Waals surface area contributed by atoms with Gasteiger partial charge in [-0.05, 0) is 19.1 Å². The molecular formula is C10H16N2O3. The molecule has 1 amide bonds. The number of carbonyl (C=O) groups is 1. The van der Waals surface area contributed by atoms with Crippen LogP contribution < -0.4 is 11.1 Å². The Bertz CT molecular complexity index is 309. The molecule has 84 valence electrons. The quantitative estimate of drug-likeness (QED) is 0.664. The molecule has 0 radical (unpaired) electrons. The number of nitrogens with two attached hydrogens (primary N) is 1. The SMILES string of the molecule is Cc1ccc(C(=O)NCCOCCN)o1. The van der Waals surface area contributed by atoms with Crippen LogP contribution in [0.3, 0.4) is 0 Å². The Hall–Kier alpha value is -1.33. The van der Waals surface area contributed by atoms with Crippen LogP contribution in [0.5, 0.6) is 0 Å². The number of furan rings is 1. The van der Waals surface area contributed by atoms with E-state index in [4.69, 9.17) is 14.9 Å². The molecule has 1 heterocycles. The third-order valence-electron chi connectivity index (χ3n) is 1.76. The maximum Gasteiger partial charge on any atom is 0.287 e. The highest BCUT2D eigenvalue weighted by Gasteiger charge is 2.08. The fourth-order valence-corrected chi connectivity index (χ4v) is 1.07. The normalized spacial score (nSPS) is 10.3. The average molecular weight is 212 g/mol. The van der Waals surface area contributed by atoms with E-state index in [0.717, 1.165) is 5.76 Å². The van der Waals surface area contributed by atoms with E-state index in [1.165, 1.54) is 0 Å². The van der Waals surface area contributed by atoms with Crippen molar-refractivity contribution in [3.05, 3.63) is 23.7 Å². The Morgan fingerprint density at radius 2 is 2.33 bits per heavy atom. The van der Waals surface area contributed by atoms with Crippen LogP contribution in [0, 0.1) is 6.92 Å². The predicted molar refractivity (Wildman–Crippen MR) is 55.7 cm³/mol. The van der Waals surface area contributed by atoms with E-state index in [1.54, 1.807) is 19.1 Å². The molecule has 0 aliphatic heterocycles. The second-order valence-electron chi connectivity index (χ2n) is 3.07. The first-order valence-electron chi connectivity index (χ1n) is 4.86. The van der Waals surface area contributed by atoms with Crippen molar-refractivity contribution in [2.24, 2.45) is 5.73 Å². The summed E-state index contributed by atoms with van der Waals surface area (Å²) in [5, 5.41) is 2.67. The van der Waals surface area contributed by atoms with Gasteiger partial charge in [-0.2, -0.15) is 0 Å². The molecular weight excluding hydrogens is 196 g/mol. The van der Waals surface area contributed by atoms with Crippen molar-refractivity contribution in [1.82, 2.24) is 5.32 Å². The van der Waals surface area contributed by atoms with Crippen LogP contribution in [-0.4, -0.2) is 32.2 Å². The van der Waals surface area contributed by atoms with Crippen LogP contribution in [0.1, 0.15) is 16.3 Å². The molecule has 0 fully saturated rings. The molecule has 0 aliphatic rings. The van der Waals surface area contributed by atoms with Gasteiger partial charge in [0.15, 0.2) is 5.76 Å². The fourth-order valence-electron chi connectivity index (χ4n) is 1.07. The van der Waals surface area contributed by atoms with Crippen molar-refractivity contribution in [2.75, 3.05) is 26.3 Å². The zero-order valence-electron chi connectivity index (χ0n) is 8.79. The Kier molecular flexibility index (Phi) is 4.86. The first-order valence-corrected chi connectivity index (χ1v) is 4.86. The van der Waals surface area contributed by atoms with Crippen LogP contribution in [0.25, 0.3) is 0 Å². The van der Waals surface area contributed by atoms with Crippen molar-refractivity contribution in [3.8, 4) is 0 Å². The van der Waals surface area contributed by atoms with Crippen molar-refractivity contribution in [2.45, 2.75) is 6.92 Å². The van der Waals surface area contributed by atoms with Gasteiger partial charge < -0.3 is 20.2 Å². The summed E-state index contributed by atoms with van der Waals surface area (Å²) in [6, 6.07) is 3.39. The Morgan fingerprint density at radius 3 is 2.93 bits per heavy atom. The monoisotopic (exact) mass is 212 g/mol. The van der Waals surface area contributed by atoms with Gasteiger partial charge in [0.05, 0.1) is 13.2 Å². The van der Waals surface area contributed by atoms with Crippen LogP contribution in [0.2, 0.25) is 0 Å². The highest BCUT2D eigenvalue weighted by Crippen LogP contribution is 2.05. The highest BCUT2D eigenvalue weighted by atomic mass is 16.5. The fraction of sp³-hybridized carbons (Fsp3) is 0.500. The third kappa shape index (κ3) is 4.14. The number of hydrogen-bond donors (Lipinski definition) is 2. The van der Waals surface area contributed by atoms with Gasteiger partial charge in [0.2, 0.25) is 0 Å². The molecule has 0 aromatic carbocycles. The van der Waals surface area contributed by atoms with E-state index in [2.05, 4.69) is 5.32 Å². The number of amides is 1. The molecule has 0 aliphatic carbocycles. The zero-order valence-corrected chi connectivity index (χ0v) is 8.79. The average Bonchev–Trinajstić information content (AvgIpc) is 2.64. The molecule has 1 aromatic heterocycles. The first kappa shape index (κ1) is 11.7. The van der Waals surface area contributed by atoms with E-state index in [0.29, 0.717) is 32.1 Å². The maximum atomic E-state index is 11.4. The predicted octanol–water partition coefficient (Wildman–Crippen LogP) is 0.293. The zero-order chi connectivity index (χ0) is 11.1. The van der Waals surface area contributed by atoms with E-state index in [-0.39, 0.29) is 5.91 Å². The summed E-state index contributed by atoms with van der Waals surface area (Å²) in [5.74, 6) is 0.824. The molecule has 0 spiro atoms. The topological polar surface area (TPSA) is 77.5 Å². The van der Waals surface area contributed by atoms with E-state index < -0.39 is 0 Å². The smallest absolute Gasteiger partial charge is 0.287 e. The van der Waals surface area contributed by atoms with E-state index >= 15 is 0 Å². The highest BCUT2D eigenvalue weighted by molar-refractivity contribution is 5.91. The molecule has 3 N–H and O–H groups in total. The van der Waals surface area contributed by atoms with Crippen LogP contribution in [-0.2, 0) is 4.74 Å². The lowest BCUT2D eigenvalue weighted by Crippen LogP contribution is -2.27. The van der Waals surface area contributed by atoms with Gasteiger partial charge in [-0.15, -0.1) is 0 Å². The van der Waals surface area contributed by atoms with Gasteiger partial charge in [0, 0.05) is 13.1 Å². The molecule has 0 saturated carbocycles. The number of ether oxygens (including phenoxy) is 1. The van der Waals surface area contributed by atoms with E-state index in [9.17, 15) is 4.79 Å². The lowest BCUT2D eigenvalue weighted by molar-refractivity contribution is 0.0892. The summed E-state index contributed by atoms with van der Waals surface area (Å²) in [5.41, 5.74) is 5.24. The lowest BCUT2D eigenvalue weighted by atomic mass is 10.4. The van der Waals surface area contributed by atoms with Gasteiger partial charge in [-0.1, -0.05) is 0 Å². The van der Waals surface area contributed by atoms with Crippen molar-refractivity contribution >= 4 is 5.91 Å². The number of rotatable bonds is 6. The maximum absolute atomic E-state index is 11.4. The van der Waals surface area contributed by atoms with Crippen LogP contribution >= 0.6 is 0 Å². The van der Waals surface area contributed by atoms with E-state index in [1.807, 2.05) is 0 Å². The van der Waals surface area contributed by atoms with Crippen LogP contribution in [0.4, 0.5) is 0 Å². The molecule has 5 nitrogen and oxygen atoms in total. The second kappa shape index (κ2) is 6.21. The standard InChI is InChI=1S/C10H16N2O3/c1-8-2-3-9(15-8)10(13)12-5-7-14-6-4-11/h2-3H,4-7,11H2,1H3,(H,12,13). The van der Waals surface area contributed by atoms with Crippen molar-refractivity contribution in [1.29, 1.82) is 0 Å². The summed E-state index contributed by atoms with van der Waals surface area (Å²) in [4.78, 5) is 11.4. The summed E-state index contributed by atoms with van der Waals surface area (Å²) in [6.45, 7) is 3.71. The van der Waals surface area contributed by atoms with Gasteiger partial charge in [0.25, 0.3) is 5.91 Å². The lowest BCUT2D eigenvalue weighted by Gasteiger charge is -2.03. The molecule has 1 rings (SSSR count). The molecule has 0 atom stereocenters. The number of hydrogen-bond acceptors (Lipinski definition) is 4. The minimum absolute atomic E-state index is 0.223. The minimum atomic E-state index is -0.223. The summed E-state index contributed by atoms with van der Waals surface area (Å²) in [7, 11) is 0. The molecule has 0 saturated heterocycles. The minimum Gasteiger partial charge on any atom is -0.456 e. The Morgan fingerprint density at radius 1 is 1.53 bits per heavy atom. The molecule has 1 aromatic rings. The Labute approximate surface area is 88.6 Å². The number of carbonyl (C=O) groups excluding carboxylic acids is 1. The first-order chi connectivity index (χ1) is 7.24. The van der Waals surface area contributed by atoms with Crippen LogP contribution in [0.15, 0.2) is 16.5 Å². The third-order valence-corrected chi connectivity index (χ3v) is 1.76. The Balaban J connectivity index is 2.19. The molecule has 5 heteroatoms. The van der Waals surface area contributed by atoms with Crippen molar-refractivity contribution < 1.29 is 13.9 Å². The van der Waals surface area contributed by atoms with Gasteiger partial charge in [0.1, 0.15) is 5.76 Å². The van der Waals surface area contributed by atoms with Gasteiger partial charge in [-0.3, -0.25) is 4.79 Å². The number of aryl methyl sites for hydroxylation is 1. The summed E-state index contributed by atoms with van der Waals surface area (Å²) < 4.78 is 10.3. The molecule has 0 unspecified atom stereocenters.